The first-order valence-electron chi connectivity index (χ1n) is 9.76. The molecule has 10 heteroatoms. The molecule has 1 saturated heterocycles. The van der Waals surface area contributed by atoms with E-state index < -0.39 is 5.97 Å². The largest absolute Gasteiger partial charge is 0.456 e. The molecule has 1 amide bonds. The van der Waals surface area contributed by atoms with Crippen LogP contribution >= 0.6 is 24.0 Å². The van der Waals surface area contributed by atoms with Crippen LogP contribution in [0.15, 0.2) is 64.1 Å². The van der Waals surface area contributed by atoms with Crippen molar-refractivity contribution >= 4 is 46.3 Å². The molecule has 2 aromatic carbocycles. The van der Waals surface area contributed by atoms with Gasteiger partial charge in [-0.25, -0.2) is 13.8 Å². The zero-order valence-electron chi connectivity index (χ0n) is 17.0. The number of oxazole rings is 1. The number of ether oxygens (including phenoxy) is 1. The van der Waals surface area contributed by atoms with E-state index in [-0.39, 0.29) is 43.0 Å². The summed E-state index contributed by atoms with van der Waals surface area (Å²) in [6.07, 6.45) is 3.02. The van der Waals surface area contributed by atoms with E-state index in [4.69, 9.17) is 21.4 Å². The summed E-state index contributed by atoms with van der Waals surface area (Å²) in [5.74, 6) is -0.983. The molecule has 0 radical (unpaired) electrons. The quantitative estimate of drug-likeness (QED) is 0.266. The van der Waals surface area contributed by atoms with Crippen molar-refractivity contribution in [3.05, 3.63) is 82.7 Å². The number of carbonyl (C=O) groups excluding carboxylic acids is 2. The lowest BCUT2D eigenvalue weighted by molar-refractivity contribution is -0.145. The van der Waals surface area contributed by atoms with E-state index >= 15 is 0 Å². The number of halogens is 2. The van der Waals surface area contributed by atoms with E-state index in [1.807, 2.05) is 0 Å². The van der Waals surface area contributed by atoms with Crippen molar-refractivity contribution < 1.29 is 27.5 Å². The predicted octanol–water partition coefficient (Wildman–Crippen LogP) is 4.95. The standard InChI is InChI=1S/C23H16F2N2O4S2/c24-16-5-1-14(2-6-16)11-19-22(29)27(23(32)33-19)10-9-21(28)30-13-20-26-12-18(31-20)15-3-7-17(25)8-4-15/h1-8,11-12H,9-10,13H2. The molecule has 33 heavy (non-hydrogen) atoms. The summed E-state index contributed by atoms with van der Waals surface area (Å²) < 4.78 is 37.1. The topological polar surface area (TPSA) is 72.6 Å². The molecular weight excluding hydrogens is 470 g/mol. The van der Waals surface area contributed by atoms with E-state index in [9.17, 15) is 18.4 Å². The summed E-state index contributed by atoms with van der Waals surface area (Å²) in [6.45, 7) is -0.112. The number of nitrogens with zero attached hydrogens (tertiary/aromatic N) is 2. The van der Waals surface area contributed by atoms with Crippen LogP contribution in [0.2, 0.25) is 0 Å². The molecule has 168 valence electrons. The number of esters is 1. The van der Waals surface area contributed by atoms with Gasteiger partial charge in [0.25, 0.3) is 5.91 Å². The monoisotopic (exact) mass is 486 g/mol. The van der Waals surface area contributed by atoms with Crippen LogP contribution in [0.25, 0.3) is 17.4 Å². The fourth-order valence-corrected chi connectivity index (χ4v) is 4.25. The number of amides is 1. The minimum atomic E-state index is -0.548. The van der Waals surface area contributed by atoms with Gasteiger partial charge in [-0.05, 0) is 48.0 Å². The van der Waals surface area contributed by atoms with Crippen LogP contribution in [-0.4, -0.2) is 32.6 Å². The number of thiocarbonyl (C=S) groups is 1. The molecule has 3 aromatic rings. The zero-order chi connectivity index (χ0) is 23.4. The number of carbonyl (C=O) groups is 2. The Kier molecular flexibility index (Phi) is 6.95. The lowest BCUT2D eigenvalue weighted by Crippen LogP contribution is -2.30. The van der Waals surface area contributed by atoms with Crippen molar-refractivity contribution in [3.8, 4) is 11.3 Å². The van der Waals surface area contributed by atoms with Crippen LogP contribution in [0.4, 0.5) is 8.78 Å². The maximum absolute atomic E-state index is 13.1. The lowest BCUT2D eigenvalue weighted by atomic mass is 10.2. The van der Waals surface area contributed by atoms with Gasteiger partial charge in [0.15, 0.2) is 12.4 Å². The van der Waals surface area contributed by atoms with Crippen molar-refractivity contribution in [3.63, 3.8) is 0 Å². The SMILES string of the molecule is O=C(CCN1C(=O)C(=Cc2ccc(F)cc2)SC1=S)OCc1ncc(-c2ccc(F)cc2)o1. The molecule has 6 nitrogen and oxygen atoms in total. The Morgan fingerprint density at radius 1 is 1.12 bits per heavy atom. The van der Waals surface area contributed by atoms with Crippen molar-refractivity contribution in [2.75, 3.05) is 6.54 Å². The zero-order valence-corrected chi connectivity index (χ0v) is 18.6. The maximum Gasteiger partial charge on any atom is 0.308 e. The number of hydrogen-bond acceptors (Lipinski definition) is 7. The first-order valence-corrected chi connectivity index (χ1v) is 11.0. The predicted molar refractivity (Wildman–Crippen MR) is 123 cm³/mol. The Labute approximate surface area is 197 Å². The van der Waals surface area contributed by atoms with Gasteiger partial charge < -0.3 is 9.15 Å². The summed E-state index contributed by atoms with van der Waals surface area (Å²) >= 11 is 6.37. The molecule has 0 spiro atoms. The Morgan fingerprint density at radius 3 is 2.48 bits per heavy atom. The summed E-state index contributed by atoms with van der Waals surface area (Å²) in [5.41, 5.74) is 1.31. The number of thioether (sulfide) groups is 1. The number of benzene rings is 2. The molecule has 1 fully saturated rings. The van der Waals surface area contributed by atoms with Crippen molar-refractivity contribution in [2.45, 2.75) is 13.0 Å². The molecule has 0 bridgehead atoms. The Hall–Kier alpha value is -3.37. The van der Waals surface area contributed by atoms with E-state index in [1.165, 1.54) is 35.4 Å². The van der Waals surface area contributed by atoms with Gasteiger partial charge in [-0.3, -0.25) is 14.5 Å². The fourth-order valence-electron chi connectivity index (χ4n) is 2.95. The maximum atomic E-state index is 13.1. The van der Waals surface area contributed by atoms with Crippen molar-refractivity contribution in [1.82, 2.24) is 9.88 Å². The Balaban J connectivity index is 1.28. The summed E-state index contributed by atoms with van der Waals surface area (Å²) in [7, 11) is 0. The van der Waals surface area contributed by atoms with Gasteiger partial charge in [-0.15, -0.1) is 0 Å². The van der Waals surface area contributed by atoms with Crippen molar-refractivity contribution in [1.29, 1.82) is 0 Å². The van der Waals surface area contributed by atoms with Gasteiger partial charge in [0.1, 0.15) is 16.0 Å². The number of rotatable bonds is 7. The molecule has 0 N–H and O–H groups in total. The van der Waals surface area contributed by atoms with Crippen LogP contribution < -0.4 is 0 Å². The van der Waals surface area contributed by atoms with Gasteiger partial charge in [-0.1, -0.05) is 36.1 Å². The molecule has 2 heterocycles. The second kappa shape index (κ2) is 10.1. The Morgan fingerprint density at radius 2 is 1.79 bits per heavy atom. The minimum Gasteiger partial charge on any atom is -0.456 e. The molecule has 1 aliphatic rings. The van der Waals surface area contributed by atoms with Crippen LogP contribution in [0.5, 0.6) is 0 Å². The average Bonchev–Trinajstić information content (AvgIpc) is 3.38. The van der Waals surface area contributed by atoms with E-state index in [0.717, 1.165) is 11.8 Å². The van der Waals surface area contributed by atoms with Crippen LogP contribution in [0.1, 0.15) is 17.9 Å². The number of hydrogen-bond donors (Lipinski definition) is 0. The van der Waals surface area contributed by atoms with Crippen molar-refractivity contribution in [2.24, 2.45) is 0 Å². The second-order valence-corrected chi connectivity index (χ2v) is 8.60. The Bertz CT molecular complexity index is 1220. The van der Waals surface area contributed by atoms with Gasteiger partial charge >= 0.3 is 5.97 Å². The summed E-state index contributed by atoms with van der Waals surface area (Å²) in [4.78, 5) is 30.5. The highest BCUT2D eigenvalue weighted by Gasteiger charge is 2.32. The number of aromatic nitrogens is 1. The third-order valence-corrected chi connectivity index (χ3v) is 6.00. The van der Waals surface area contributed by atoms with Gasteiger partial charge in [0, 0.05) is 12.1 Å². The van der Waals surface area contributed by atoms with Crippen LogP contribution in [0, 0.1) is 11.6 Å². The first-order chi connectivity index (χ1) is 15.9. The lowest BCUT2D eigenvalue weighted by Gasteiger charge is -2.13. The van der Waals surface area contributed by atoms with Gasteiger partial charge in [-0.2, -0.15) is 0 Å². The second-order valence-electron chi connectivity index (χ2n) is 6.92. The molecule has 0 unspecified atom stereocenters. The molecule has 1 aromatic heterocycles. The molecular formula is C23H16F2N2O4S2. The third-order valence-electron chi connectivity index (χ3n) is 4.62. The first kappa shape index (κ1) is 22.8. The average molecular weight is 487 g/mol. The third kappa shape index (κ3) is 5.71. The molecule has 0 saturated carbocycles. The van der Waals surface area contributed by atoms with Crippen LogP contribution in [-0.2, 0) is 20.9 Å². The summed E-state index contributed by atoms with van der Waals surface area (Å²) in [5, 5.41) is 0. The van der Waals surface area contributed by atoms with Crippen LogP contribution in [0.3, 0.4) is 0 Å². The van der Waals surface area contributed by atoms with E-state index in [0.29, 0.717) is 26.1 Å². The fraction of sp³-hybridized carbons (Fsp3) is 0.130. The van der Waals surface area contributed by atoms with E-state index in [2.05, 4.69) is 4.98 Å². The smallest absolute Gasteiger partial charge is 0.308 e. The minimum absolute atomic E-state index is 0.0661. The summed E-state index contributed by atoms with van der Waals surface area (Å²) in [6, 6.07) is 11.4. The van der Waals surface area contributed by atoms with E-state index in [1.54, 1.807) is 30.3 Å². The normalized spacial score (nSPS) is 14.8. The highest BCUT2D eigenvalue weighted by Crippen LogP contribution is 2.32. The van der Waals surface area contributed by atoms with Gasteiger partial charge in [0.05, 0.1) is 17.5 Å². The highest BCUT2D eigenvalue weighted by atomic mass is 32.2. The highest BCUT2D eigenvalue weighted by molar-refractivity contribution is 8.26. The molecule has 0 atom stereocenters. The molecule has 1 aliphatic heterocycles. The molecule has 0 aliphatic carbocycles. The molecule has 4 rings (SSSR count). The van der Waals surface area contributed by atoms with Gasteiger partial charge in [0.2, 0.25) is 5.89 Å².